The van der Waals surface area contributed by atoms with Crippen molar-refractivity contribution < 1.29 is 8.42 Å². The maximum absolute atomic E-state index is 11.9. The molecule has 0 aliphatic carbocycles. The average molecular weight is 285 g/mol. The minimum Gasteiger partial charge on any atom is -0.315 e. The first kappa shape index (κ1) is 15.9. The minimum absolute atomic E-state index is 0.140. The number of nitrogens with one attached hydrogen (secondary N) is 2. The highest BCUT2D eigenvalue weighted by molar-refractivity contribution is 7.92. The molecule has 0 saturated carbocycles. The summed E-state index contributed by atoms with van der Waals surface area (Å²) in [6.07, 6.45) is 4.68. The number of hydrogen-bond acceptors (Lipinski definition) is 4. The third-order valence-electron chi connectivity index (χ3n) is 2.70. The molecule has 0 amide bonds. The molecule has 0 radical (unpaired) electrons. The summed E-state index contributed by atoms with van der Waals surface area (Å²) in [7, 11) is -3.28. The first-order valence-corrected chi connectivity index (χ1v) is 8.20. The van der Waals surface area contributed by atoms with Crippen LogP contribution >= 0.6 is 0 Å². The van der Waals surface area contributed by atoms with Gasteiger partial charge in [-0.15, -0.1) is 0 Å². The lowest BCUT2D eigenvalue weighted by molar-refractivity contribution is 0.561. The fourth-order valence-electron chi connectivity index (χ4n) is 1.60. The molecule has 19 heavy (non-hydrogen) atoms. The lowest BCUT2D eigenvalue weighted by Gasteiger charge is -2.10. The highest BCUT2D eigenvalue weighted by Gasteiger charge is 2.11. The number of nitrogens with zero attached hydrogens (tertiary/aromatic N) is 1. The van der Waals surface area contributed by atoms with Crippen LogP contribution in [-0.4, -0.2) is 31.7 Å². The molecule has 0 saturated heterocycles. The van der Waals surface area contributed by atoms with Crippen LogP contribution in [0.15, 0.2) is 18.5 Å². The summed E-state index contributed by atoms with van der Waals surface area (Å²) in [5, 5.41) is 3.27. The van der Waals surface area contributed by atoms with Crippen molar-refractivity contribution in [1.82, 2.24) is 10.3 Å². The van der Waals surface area contributed by atoms with E-state index in [1.54, 1.807) is 12.3 Å². The number of hydrogen-bond donors (Lipinski definition) is 2. The third kappa shape index (κ3) is 6.54. The fourth-order valence-corrected chi connectivity index (χ4v) is 2.83. The van der Waals surface area contributed by atoms with Gasteiger partial charge >= 0.3 is 0 Å². The van der Waals surface area contributed by atoms with Gasteiger partial charge in [0, 0.05) is 12.2 Å². The van der Waals surface area contributed by atoms with Crippen molar-refractivity contribution in [3.63, 3.8) is 0 Å². The summed E-state index contributed by atoms with van der Waals surface area (Å²) < 4.78 is 26.4. The topological polar surface area (TPSA) is 71.1 Å². The summed E-state index contributed by atoms with van der Waals surface area (Å²) in [6, 6.07) is 2.22. The molecule has 5 nitrogen and oxygen atoms in total. The lowest BCUT2D eigenvalue weighted by Crippen LogP contribution is -2.24. The molecule has 0 aromatic carbocycles. The van der Waals surface area contributed by atoms with Gasteiger partial charge in [0.15, 0.2) is 0 Å². The van der Waals surface area contributed by atoms with Gasteiger partial charge < -0.3 is 5.32 Å². The standard InChI is InChI=1S/C13H23N3O2S/c1-11(2)15-7-4-5-9-19(17,18)16-13-10-14-8-6-12(13)3/h6,8,10-11,15-16H,4-5,7,9H2,1-3H3. The van der Waals surface area contributed by atoms with E-state index in [1.807, 2.05) is 6.92 Å². The van der Waals surface area contributed by atoms with Crippen molar-refractivity contribution in [3.05, 3.63) is 24.0 Å². The van der Waals surface area contributed by atoms with Gasteiger partial charge in [0.1, 0.15) is 0 Å². The molecule has 1 aromatic rings. The van der Waals surface area contributed by atoms with Gasteiger partial charge in [-0.2, -0.15) is 0 Å². The number of anilines is 1. The molecule has 0 atom stereocenters. The Morgan fingerprint density at radius 2 is 2.05 bits per heavy atom. The van der Waals surface area contributed by atoms with Gasteiger partial charge in [-0.3, -0.25) is 9.71 Å². The molecule has 1 aromatic heterocycles. The van der Waals surface area contributed by atoms with Gasteiger partial charge in [0.2, 0.25) is 10.0 Å². The molecule has 0 spiro atoms. The Morgan fingerprint density at radius 3 is 2.68 bits per heavy atom. The van der Waals surface area contributed by atoms with Crippen molar-refractivity contribution in [2.24, 2.45) is 0 Å². The van der Waals surface area contributed by atoms with Crippen LogP contribution < -0.4 is 10.0 Å². The summed E-state index contributed by atoms with van der Waals surface area (Å²) >= 11 is 0. The summed E-state index contributed by atoms with van der Waals surface area (Å²) in [6.45, 7) is 6.85. The van der Waals surface area contributed by atoms with E-state index < -0.39 is 10.0 Å². The number of sulfonamides is 1. The van der Waals surface area contributed by atoms with Gasteiger partial charge in [-0.25, -0.2) is 8.42 Å². The number of rotatable bonds is 8. The zero-order valence-electron chi connectivity index (χ0n) is 11.8. The zero-order valence-corrected chi connectivity index (χ0v) is 12.6. The Bertz CT molecular complexity index is 486. The van der Waals surface area contributed by atoms with Crippen LogP contribution in [0.25, 0.3) is 0 Å². The third-order valence-corrected chi connectivity index (χ3v) is 4.05. The predicted octanol–water partition coefficient (Wildman–Crippen LogP) is 1.91. The molecule has 6 heteroatoms. The summed E-state index contributed by atoms with van der Waals surface area (Å²) in [4.78, 5) is 3.92. The molecule has 108 valence electrons. The van der Waals surface area contributed by atoms with E-state index in [0.717, 1.165) is 18.5 Å². The van der Waals surface area contributed by atoms with E-state index in [1.165, 1.54) is 6.20 Å². The molecule has 2 N–H and O–H groups in total. The van der Waals surface area contributed by atoms with Crippen LogP contribution in [0.5, 0.6) is 0 Å². The molecule has 0 bridgehead atoms. The van der Waals surface area contributed by atoms with Crippen molar-refractivity contribution in [2.45, 2.75) is 39.7 Å². The maximum atomic E-state index is 11.9. The van der Waals surface area contributed by atoms with Crippen LogP contribution in [-0.2, 0) is 10.0 Å². The SMILES string of the molecule is Cc1ccncc1NS(=O)(=O)CCCCNC(C)C. The second kappa shape index (κ2) is 7.45. The predicted molar refractivity (Wildman–Crippen MR) is 78.8 cm³/mol. The molecular formula is C13H23N3O2S. The number of aryl methyl sites for hydroxylation is 1. The fraction of sp³-hybridized carbons (Fsp3) is 0.615. The van der Waals surface area contributed by atoms with Crippen molar-refractivity contribution in [3.8, 4) is 0 Å². The zero-order chi connectivity index (χ0) is 14.3. The van der Waals surface area contributed by atoms with Crippen LogP contribution in [0, 0.1) is 6.92 Å². The minimum atomic E-state index is -3.28. The van der Waals surface area contributed by atoms with Crippen molar-refractivity contribution in [2.75, 3.05) is 17.0 Å². The van der Waals surface area contributed by atoms with E-state index in [2.05, 4.69) is 28.9 Å². The van der Waals surface area contributed by atoms with E-state index in [9.17, 15) is 8.42 Å². The largest absolute Gasteiger partial charge is 0.315 e. The van der Waals surface area contributed by atoms with Crippen LogP contribution in [0.3, 0.4) is 0 Å². The highest BCUT2D eigenvalue weighted by Crippen LogP contribution is 2.13. The Hall–Kier alpha value is -1.14. The van der Waals surface area contributed by atoms with Crippen molar-refractivity contribution in [1.29, 1.82) is 0 Å². The van der Waals surface area contributed by atoms with Crippen molar-refractivity contribution >= 4 is 15.7 Å². The van der Waals surface area contributed by atoms with E-state index in [4.69, 9.17) is 0 Å². The normalized spacial score (nSPS) is 11.8. The Labute approximate surface area is 115 Å². The molecule has 0 aliphatic heterocycles. The van der Waals surface area contributed by atoms with E-state index in [-0.39, 0.29) is 5.75 Å². The Balaban J connectivity index is 2.38. The Morgan fingerprint density at radius 1 is 1.32 bits per heavy atom. The average Bonchev–Trinajstić information content (AvgIpc) is 2.31. The smallest absolute Gasteiger partial charge is 0.232 e. The molecule has 1 rings (SSSR count). The quantitative estimate of drug-likeness (QED) is 0.716. The Kier molecular flexibility index (Phi) is 6.24. The van der Waals surface area contributed by atoms with Gasteiger partial charge in [0.25, 0.3) is 0 Å². The number of unbranched alkanes of at least 4 members (excludes halogenated alkanes) is 1. The monoisotopic (exact) mass is 285 g/mol. The molecule has 0 fully saturated rings. The lowest BCUT2D eigenvalue weighted by atomic mass is 10.3. The molecule has 0 unspecified atom stereocenters. The first-order chi connectivity index (χ1) is 8.91. The van der Waals surface area contributed by atoms with E-state index >= 15 is 0 Å². The summed E-state index contributed by atoms with van der Waals surface area (Å²) in [5.74, 6) is 0.140. The molecule has 0 aliphatic rings. The highest BCUT2D eigenvalue weighted by atomic mass is 32.2. The maximum Gasteiger partial charge on any atom is 0.232 e. The first-order valence-electron chi connectivity index (χ1n) is 6.55. The summed E-state index contributed by atoms with van der Waals surface area (Å²) in [5.41, 5.74) is 1.43. The van der Waals surface area contributed by atoms with E-state index in [0.29, 0.717) is 18.2 Å². The van der Waals surface area contributed by atoms with Gasteiger partial charge in [-0.1, -0.05) is 13.8 Å². The van der Waals surface area contributed by atoms with Crippen LogP contribution in [0.1, 0.15) is 32.3 Å². The molecular weight excluding hydrogens is 262 g/mol. The number of pyridine rings is 1. The second-order valence-electron chi connectivity index (χ2n) is 4.93. The van der Waals surface area contributed by atoms with Crippen LogP contribution in [0.4, 0.5) is 5.69 Å². The number of aromatic nitrogens is 1. The second-order valence-corrected chi connectivity index (χ2v) is 6.77. The van der Waals surface area contributed by atoms with Gasteiger partial charge in [-0.05, 0) is 37.9 Å². The van der Waals surface area contributed by atoms with Gasteiger partial charge in [0.05, 0.1) is 17.6 Å². The molecule has 1 heterocycles. The van der Waals surface area contributed by atoms with Crippen LogP contribution in [0.2, 0.25) is 0 Å².